The number of nitrogens with zero attached hydrogens (tertiary/aromatic N) is 1. The zero-order chi connectivity index (χ0) is 19.5. The number of fused-ring (bicyclic) bond motifs is 1. The van der Waals surface area contributed by atoms with Gasteiger partial charge in [-0.25, -0.2) is 4.39 Å². The number of ether oxygens (including phenoxy) is 2. The maximum Gasteiger partial charge on any atom is 0.255 e. The van der Waals surface area contributed by atoms with E-state index in [-0.39, 0.29) is 23.6 Å². The van der Waals surface area contributed by atoms with Crippen molar-refractivity contribution >= 4 is 11.8 Å². The molecule has 2 heterocycles. The summed E-state index contributed by atoms with van der Waals surface area (Å²) in [7, 11) is 0. The number of nitrogens with one attached hydrogen (secondary N) is 2. The number of amides is 2. The van der Waals surface area contributed by atoms with E-state index in [1.807, 2.05) is 0 Å². The van der Waals surface area contributed by atoms with Gasteiger partial charge >= 0.3 is 0 Å². The third-order valence-corrected chi connectivity index (χ3v) is 4.93. The van der Waals surface area contributed by atoms with Crippen LogP contribution in [0.5, 0.6) is 11.5 Å². The summed E-state index contributed by atoms with van der Waals surface area (Å²) in [4.78, 5) is 28.6. The fourth-order valence-corrected chi connectivity index (χ4v) is 3.58. The van der Waals surface area contributed by atoms with Crippen LogP contribution in [0.25, 0.3) is 0 Å². The molecule has 2 aliphatic rings. The number of pyridine rings is 1. The highest BCUT2D eigenvalue weighted by Gasteiger charge is 2.29. The molecule has 28 heavy (non-hydrogen) atoms. The first-order chi connectivity index (χ1) is 13.6. The van der Waals surface area contributed by atoms with Crippen molar-refractivity contribution < 1.29 is 23.5 Å². The van der Waals surface area contributed by atoms with E-state index in [1.54, 1.807) is 18.2 Å². The minimum absolute atomic E-state index is 0.0319. The average Bonchev–Trinajstić information content (AvgIpc) is 3.14. The molecule has 1 aromatic heterocycles. The normalized spacial score (nSPS) is 20.5. The van der Waals surface area contributed by atoms with Crippen molar-refractivity contribution in [1.29, 1.82) is 0 Å². The second kappa shape index (κ2) is 7.84. The first-order valence-electron chi connectivity index (χ1n) is 9.21. The van der Waals surface area contributed by atoms with Gasteiger partial charge < -0.3 is 20.1 Å². The Morgan fingerprint density at radius 2 is 1.71 bits per heavy atom. The SMILES string of the molecule is O=C(NC1CCC(NC(=O)c2cccc3c2OCCO3)C1)c1ccncc1F. The predicted octanol–water partition coefficient (Wildman–Crippen LogP) is 2.07. The van der Waals surface area contributed by atoms with Gasteiger partial charge in [0.25, 0.3) is 11.8 Å². The first kappa shape index (κ1) is 18.2. The Hall–Kier alpha value is -3.16. The number of rotatable bonds is 4. The van der Waals surface area contributed by atoms with Crippen LogP contribution in [0.4, 0.5) is 4.39 Å². The number of benzene rings is 1. The monoisotopic (exact) mass is 385 g/mol. The molecule has 1 aliphatic heterocycles. The highest BCUT2D eigenvalue weighted by atomic mass is 19.1. The molecule has 2 aromatic rings. The Bertz CT molecular complexity index is 905. The van der Waals surface area contributed by atoms with Crippen molar-refractivity contribution in [2.75, 3.05) is 13.2 Å². The van der Waals surface area contributed by atoms with Gasteiger partial charge in [0.05, 0.1) is 17.3 Å². The fraction of sp³-hybridized carbons (Fsp3) is 0.350. The van der Waals surface area contributed by atoms with Gasteiger partial charge in [-0.15, -0.1) is 0 Å². The molecule has 4 rings (SSSR count). The van der Waals surface area contributed by atoms with Crippen LogP contribution in [0.1, 0.15) is 40.0 Å². The van der Waals surface area contributed by atoms with Crippen molar-refractivity contribution in [1.82, 2.24) is 15.6 Å². The van der Waals surface area contributed by atoms with Crippen molar-refractivity contribution in [3.8, 4) is 11.5 Å². The maximum absolute atomic E-state index is 13.7. The Kier molecular flexibility index (Phi) is 5.10. The first-order valence-corrected chi connectivity index (χ1v) is 9.21. The van der Waals surface area contributed by atoms with Gasteiger partial charge in [0.1, 0.15) is 13.2 Å². The summed E-state index contributed by atoms with van der Waals surface area (Å²) in [6.07, 6.45) is 4.40. The molecule has 8 heteroatoms. The number of hydrogen-bond acceptors (Lipinski definition) is 5. The maximum atomic E-state index is 13.7. The molecule has 2 atom stereocenters. The molecule has 1 saturated carbocycles. The average molecular weight is 385 g/mol. The van der Waals surface area contributed by atoms with Gasteiger partial charge in [0.2, 0.25) is 0 Å². The number of aromatic nitrogens is 1. The molecule has 0 spiro atoms. The van der Waals surface area contributed by atoms with E-state index in [4.69, 9.17) is 9.47 Å². The molecular weight excluding hydrogens is 365 g/mol. The second-order valence-electron chi connectivity index (χ2n) is 6.84. The smallest absolute Gasteiger partial charge is 0.255 e. The number of para-hydroxylation sites is 1. The van der Waals surface area contributed by atoms with Crippen LogP contribution in [0.2, 0.25) is 0 Å². The standard InChI is InChI=1S/C20H20FN3O4/c21-16-11-22-7-6-14(16)19(25)23-12-4-5-13(10-12)24-20(26)15-2-1-3-17-18(15)28-9-8-27-17/h1-3,6-7,11-13H,4-5,8-10H2,(H,23,25)(H,24,26). The second-order valence-corrected chi connectivity index (χ2v) is 6.84. The summed E-state index contributed by atoms with van der Waals surface area (Å²) in [5, 5.41) is 5.82. The molecule has 0 bridgehead atoms. The molecule has 1 aliphatic carbocycles. The summed E-state index contributed by atoms with van der Waals surface area (Å²) in [6, 6.07) is 6.35. The van der Waals surface area contributed by atoms with Gasteiger partial charge in [-0.1, -0.05) is 6.07 Å². The third kappa shape index (κ3) is 3.76. The van der Waals surface area contributed by atoms with Crippen LogP contribution in [0, 0.1) is 5.82 Å². The van der Waals surface area contributed by atoms with Crippen LogP contribution in [0.15, 0.2) is 36.7 Å². The molecule has 0 radical (unpaired) electrons. The molecule has 2 unspecified atom stereocenters. The highest BCUT2D eigenvalue weighted by Crippen LogP contribution is 2.33. The van der Waals surface area contributed by atoms with Crippen LogP contribution in [-0.2, 0) is 0 Å². The van der Waals surface area contributed by atoms with Crippen LogP contribution in [0.3, 0.4) is 0 Å². The van der Waals surface area contributed by atoms with Gasteiger partial charge in [0.15, 0.2) is 17.3 Å². The summed E-state index contributed by atoms with van der Waals surface area (Å²) >= 11 is 0. The lowest BCUT2D eigenvalue weighted by Crippen LogP contribution is -2.37. The molecule has 0 saturated heterocycles. The lowest BCUT2D eigenvalue weighted by atomic mass is 10.1. The lowest BCUT2D eigenvalue weighted by Gasteiger charge is -2.21. The van der Waals surface area contributed by atoms with E-state index in [9.17, 15) is 14.0 Å². The zero-order valence-electron chi connectivity index (χ0n) is 15.1. The van der Waals surface area contributed by atoms with Crippen LogP contribution < -0.4 is 20.1 Å². The van der Waals surface area contributed by atoms with Crippen molar-refractivity contribution in [2.24, 2.45) is 0 Å². The molecule has 1 aromatic carbocycles. The number of carbonyl (C=O) groups is 2. The van der Waals surface area contributed by atoms with Crippen LogP contribution in [-0.4, -0.2) is 42.1 Å². The largest absolute Gasteiger partial charge is 0.486 e. The molecule has 1 fully saturated rings. The third-order valence-electron chi connectivity index (χ3n) is 4.93. The Balaban J connectivity index is 1.36. The highest BCUT2D eigenvalue weighted by molar-refractivity contribution is 5.98. The van der Waals surface area contributed by atoms with Gasteiger partial charge in [-0.2, -0.15) is 0 Å². The number of carbonyl (C=O) groups excluding carboxylic acids is 2. The summed E-state index contributed by atoms with van der Waals surface area (Å²) in [5.41, 5.74) is 0.402. The van der Waals surface area contributed by atoms with Crippen molar-refractivity contribution in [2.45, 2.75) is 31.3 Å². The zero-order valence-corrected chi connectivity index (χ0v) is 15.1. The van der Waals surface area contributed by atoms with Gasteiger partial charge in [-0.05, 0) is 37.5 Å². The van der Waals surface area contributed by atoms with Crippen molar-refractivity contribution in [3.63, 3.8) is 0 Å². The summed E-state index contributed by atoms with van der Waals surface area (Å²) < 4.78 is 24.8. The van der Waals surface area contributed by atoms with E-state index in [2.05, 4.69) is 15.6 Å². The summed E-state index contributed by atoms with van der Waals surface area (Å²) in [5.74, 6) is -0.338. The Labute approximate surface area is 161 Å². The fourth-order valence-electron chi connectivity index (χ4n) is 3.58. The lowest BCUT2D eigenvalue weighted by molar-refractivity contribution is 0.0926. The summed E-state index contributed by atoms with van der Waals surface area (Å²) in [6.45, 7) is 0.862. The molecular formula is C20H20FN3O4. The van der Waals surface area contributed by atoms with E-state index in [0.717, 1.165) is 12.6 Å². The quantitative estimate of drug-likeness (QED) is 0.841. The van der Waals surface area contributed by atoms with E-state index >= 15 is 0 Å². The number of hydrogen-bond donors (Lipinski definition) is 2. The topological polar surface area (TPSA) is 89.6 Å². The minimum atomic E-state index is -0.654. The predicted molar refractivity (Wildman–Crippen MR) is 98.0 cm³/mol. The molecule has 146 valence electrons. The van der Waals surface area contributed by atoms with Crippen LogP contribution >= 0.6 is 0 Å². The molecule has 7 nitrogen and oxygen atoms in total. The van der Waals surface area contributed by atoms with E-state index in [1.165, 1.54) is 12.3 Å². The van der Waals surface area contributed by atoms with E-state index in [0.29, 0.717) is 43.1 Å². The Morgan fingerprint density at radius 3 is 2.46 bits per heavy atom. The molecule has 2 N–H and O–H groups in total. The Morgan fingerprint density at radius 1 is 1.00 bits per heavy atom. The van der Waals surface area contributed by atoms with Gasteiger partial charge in [-0.3, -0.25) is 14.6 Å². The van der Waals surface area contributed by atoms with E-state index < -0.39 is 11.7 Å². The number of halogens is 1. The minimum Gasteiger partial charge on any atom is -0.486 e. The van der Waals surface area contributed by atoms with Gasteiger partial charge in [0, 0.05) is 18.3 Å². The molecule has 2 amide bonds. The van der Waals surface area contributed by atoms with Crippen molar-refractivity contribution in [3.05, 3.63) is 53.6 Å².